The minimum Gasteiger partial charge on any atom is -0.298 e. The van der Waals surface area contributed by atoms with Gasteiger partial charge in [-0.1, -0.05) is 18.2 Å². The molecule has 1 unspecified atom stereocenters. The maximum absolute atomic E-state index is 12.3. The monoisotopic (exact) mass is 285 g/mol. The van der Waals surface area contributed by atoms with Crippen molar-refractivity contribution in [3.63, 3.8) is 0 Å². The van der Waals surface area contributed by atoms with E-state index in [-0.39, 0.29) is 18.2 Å². The maximum Gasteiger partial charge on any atom is 0.251 e. The minimum atomic E-state index is -0.526. The van der Waals surface area contributed by atoms with Gasteiger partial charge in [0.2, 0.25) is 5.91 Å². The minimum absolute atomic E-state index is 0.153. The van der Waals surface area contributed by atoms with Gasteiger partial charge in [0.05, 0.1) is 24.7 Å². The summed E-state index contributed by atoms with van der Waals surface area (Å²) in [6.45, 7) is 0.354. The number of aryl methyl sites for hydroxylation is 1. The highest BCUT2D eigenvalue weighted by molar-refractivity contribution is 6.22. The number of nitrogens with one attached hydrogen (secondary N) is 1. The van der Waals surface area contributed by atoms with Gasteiger partial charge in [-0.2, -0.15) is 5.10 Å². The highest BCUT2D eigenvalue weighted by atomic mass is 16.2. The molecule has 0 bridgehead atoms. The van der Waals surface area contributed by atoms with Gasteiger partial charge >= 0.3 is 0 Å². The van der Waals surface area contributed by atoms with Gasteiger partial charge in [0.25, 0.3) is 5.91 Å². The summed E-state index contributed by atoms with van der Waals surface area (Å²) >= 11 is 0. The average Bonchev–Trinajstić information content (AvgIpc) is 3.01. The number of hydrogen-bond acceptors (Lipinski definition) is 5. The Morgan fingerprint density at radius 2 is 2.05 bits per heavy atom. The molecule has 1 atom stereocenters. The van der Waals surface area contributed by atoms with E-state index >= 15 is 0 Å². The largest absolute Gasteiger partial charge is 0.298 e. The number of para-hydroxylation sites is 1. The van der Waals surface area contributed by atoms with Crippen LogP contribution < -0.4 is 10.2 Å². The van der Waals surface area contributed by atoms with Gasteiger partial charge in [-0.05, 0) is 12.1 Å². The van der Waals surface area contributed by atoms with Gasteiger partial charge in [0.15, 0.2) is 5.82 Å². The quantitative estimate of drug-likeness (QED) is 0.814. The Balaban J connectivity index is 1.69. The lowest BCUT2D eigenvalue weighted by atomic mass is 10.2. The highest BCUT2D eigenvalue weighted by Crippen LogP contribution is 2.22. The fraction of sp³-hybridized carbons (Fsp3) is 0.286. The van der Waals surface area contributed by atoms with Crippen molar-refractivity contribution in [1.82, 2.24) is 20.1 Å². The molecule has 1 aromatic heterocycles. The lowest BCUT2D eigenvalue weighted by molar-refractivity contribution is -0.121. The highest BCUT2D eigenvalue weighted by Gasteiger charge is 2.39. The smallest absolute Gasteiger partial charge is 0.251 e. The summed E-state index contributed by atoms with van der Waals surface area (Å²) in [4.78, 5) is 29.7. The molecule has 108 valence electrons. The predicted molar refractivity (Wildman–Crippen MR) is 75.2 cm³/mol. The first-order valence-corrected chi connectivity index (χ1v) is 6.65. The molecule has 7 nitrogen and oxygen atoms in total. The van der Waals surface area contributed by atoms with E-state index in [4.69, 9.17) is 0 Å². The number of benzene rings is 1. The summed E-state index contributed by atoms with van der Waals surface area (Å²) in [7, 11) is 1.78. The number of anilines is 1. The lowest BCUT2D eigenvalue weighted by Gasteiger charge is -2.15. The summed E-state index contributed by atoms with van der Waals surface area (Å²) in [5.74, 6) is 0.163. The zero-order chi connectivity index (χ0) is 14.8. The topological polar surface area (TPSA) is 80.1 Å². The van der Waals surface area contributed by atoms with Gasteiger partial charge in [0.1, 0.15) is 6.33 Å². The number of imide groups is 1. The van der Waals surface area contributed by atoms with Crippen molar-refractivity contribution >= 4 is 17.5 Å². The van der Waals surface area contributed by atoms with Crippen LogP contribution in [0.5, 0.6) is 0 Å². The third-order valence-corrected chi connectivity index (χ3v) is 3.31. The molecule has 1 N–H and O–H groups in total. The molecule has 2 amide bonds. The SMILES string of the molecule is Cn1cnc(CNC2CC(=O)N(c3ccccc3)C2=O)n1. The summed E-state index contributed by atoms with van der Waals surface area (Å²) in [6.07, 6.45) is 1.75. The first kappa shape index (κ1) is 13.4. The Labute approximate surface area is 121 Å². The molecule has 1 aliphatic heterocycles. The van der Waals surface area contributed by atoms with Gasteiger partial charge in [0, 0.05) is 7.05 Å². The van der Waals surface area contributed by atoms with E-state index in [1.54, 1.807) is 42.3 Å². The third-order valence-electron chi connectivity index (χ3n) is 3.31. The molecule has 0 aliphatic carbocycles. The second kappa shape index (κ2) is 5.45. The van der Waals surface area contributed by atoms with Crippen LogP contribution in [0.4, 0.5) is 5.69 Å². The molecule has 0 radical (unpaired) electrons. The number of rotatable bonds is 4. The van der Waals surface area contributed by atoms with Gasteiger partial charge in [-0.3, -0.25) is 19.6 Å². The summed E-state index contributed by atoms with van der Waals surface area (Å²) in [6, 6.07) is 8.41. The number of nitrogens with zero attached hydrogens (tertiary/aromatic N) is 4. The van der Waals surface area contributed by atoms with Crippen molar-refractivity contribution in [1.29, 1.82) is 0 Å². The molecule has 0 spiro atoms. The van der Waals surface area contributed by atoms with Gasteiger partial charge < -0.3 is 0 Å². The first-order chi connectivity index (χ1) is 10.1. The molecule has 2 aromatic rings. The van der Waals surface area contributed by atoms with Crippen LogP contribution in [-0.4, -0.2) is 32.6 Å². The van der Waals surface area contributed by atoms with Crippen LogP contribution in [0.15, 0.2) is 36.7 Å². The number of amides is 2. The Hall–Kier alpha value is -2.54. The Morgan fingerprint density at radius 3 is 2.71 bits per heavy atom. The molecule has 0 saturated carbocycles. The van der Waals surface area contributed by atoms with E-state index in [2.05, 4.69) is 15.4 Å². The molecule has 7 heteroatoms. The fourth-order valence-corrected chi connectivity index (χ4v) is 2.32. The zero-order valence-electron chi connectivity index (χ0n) is 11.6. The fourth-order valence-electron chi connectivity index (χ4n) is 2.32. The number of carbonyl (C=O) groups excluding carboxylic acids is 2. The van der Waals surface area contributed by atoms with Crippen molar-refractivity contribution in [3.8, 4) is 0 Å². The van der Waals surface area contributed by atoms with Crippen LogP contribution in [0.3, 0.4) is 0 Å². The molecule has 1 saturated heterocycles. The van der Waals surface area contributed by atoms with E-state index < -0.39 is 6.04 Å². The van der Waals surface area contributed by atoms with Crippen molar-refractivity contribution < 1.29 is 9.59 Å². The standard InChI is InChI=1S/C14H15N5O2/c1-18-9-16-12(17-18)8-15-11-7-13(20)19(14(11)21)10-5-3-2-4-6-10/h2-6,9,11,15H,7-8H2,1H3. The van der Waals surface area contributed by atoms with Crippen LogP contribution >= 0.6 is 0 Å². The van der Waals surface area contributed by atoms with Crippen molar-refractivity contribution in [2.24, 2.45) is 7.05 Å². The molecule has 1 aromatic carbocycles. The normalized spacial score (nSPS) is 18.5. The third kappa shape index (κ3) is 2.68. The van der Waals surface area contributed by atoms with Crippen molar-refractivity contribution in [3.05, 3.63) is 42.5 Å². The van der Waals surface area contributed by atoms with Crippen LogP contribution in [0.2, 0.25) is 0 Å². The second-order valence-electron chi connectivity index (χ2n) is 4.88. The molecule has 2 heterocycles. The Morgan fingerprint density at radius 1 is 1.29 bits per heavy atom. The van der Waals surface area contributed by atoms with E-state index in [1.807, 2.05) is 6.07 Å². The van der Waals surface area contributed by atoms with Crippen molar-refractivity contribution in [2.75, 3.05) is 4.90 Å². The molecular formula is C14H15N5O2. The van der Waals surface area contributed by atoms with E-state index in [0.29, 0.717) is 18.1 Å². The lowest BCUT2D eigenvalue weighted by Crippen LogP contribution is -2.38. The maximum atomic E-state index is 12.3. The number of aromatic nitrogens is 3. The van der Waals surface area contributed by atoms with Gasteiger partial charge in [-0.15, -0.1) is 0 Å². The Kier molecular flexibility index (Phi) is 3.49. The van der Waals surface area contributed by atoms with Gasteiger partial charge in [-0.25, -0.2) is 9.88 Å². The zero-order valence-corrected chi connectivity index (χ0v) is 11.6. The average molecular weight is 285 g/mol. The molecular weight excluding hydrogens is 270 g/mol. The molecule has 3 rings (SSSR count). The second-order valence-corrected chi connectivity index (χ2v) is 4.88. The predicted octanol–water partition coefficient (Wildman–Crippen LogP) is 0.237. The summed E-state index contributed by atoms with van der Waals surface area (Å²) < 4.78 is 1.59. The number of hydrogen-bond donors (Lipinski definition) is 1. The van der Waals surface area contributed by atoms with E-state index in [1.165, 1.54) is 4.90 Å². The Bertz CT molecular complexity index is 667. The molecule has 21 heavy (non-hydrogen) atoms. The molecule has 1 aliphatic rings. The summed E-state index contributed by atoms with van der Waals surface area (Å²) in [5, 5.41) is 7.17. The summed E-state index contributed by atoms with van der Waals surface area (Å²) in [5.41, 5.74) is 0.604. The van der Waals surface area contributed by atoms with Crippen molar-refractivity contribution in [2.45, 2.75) is 19.0 Å². The number of carbonyl (C=O) groups is 2. The van der Waals surface area contributed by atoms with Crippen LogP contribution in [0, 0.1) is 0 Å². The van der Waals surface area contributed by atoms with Crippen LogP contribution in [0.25, 0.3) is 0 Å². The van der Waals surface area contributed by atoms with Crippen LogP contribution in [0.1, 0.15) is 12.2 Å². The van der Waals surface area contributed by atoms with Crippen LogP contribution in [-0.2, 0) is 23.2 Å². The van der Waals surface area contributed by atoms with E-state index in [9.17, 15) is 9.59 Å². The first-order valence-electron chi connectivity index (χ1n) is 6.65. The molecule has 1 fully saturated rings. The van der Waals surface area contributed by atoms with E-state index in [0.717, 1.165) is 0 Å².